The molecule has 0 spiro atoms. The second-order valence-electron chi connectivity index (χ2n) is 1.87. The molecule has 0 bridgehead atoms. The van der Waals surface area contributed by atoms with Crippen molar-refractivity contribution in [3.8, 4) is 0 Å². The van der Waals surface area contributed by atoms with Gasteiger partial charge in [0, 0.05) is 18.9 Å². The number of rotatable bonds is 1. The largest absolute Gasteiger partial charge is 0.370 e. The monoisotopic (exact) mass is 188 g/mol. The lowest BCUT2D eigenvalue weighted by Gasteiger charge is -2.18. The van der Waals surface area contributed by atoms with Crippen molar-refractivity contribution in [3.05, 3.63) is 12.4 Å². The Balaban J connectivity index is 2.51. The maximum Gasteiger partial charge on any atom is 0.102 e. The van der Waals surface area contributed by atoms with Crippen molar-refractivity contribution in [3.63, 3.8) is 0 Å². The normalized spacial score (nSPS) is 18.0. The second kappa shape index (κ2) is 3.01. The summed E-state index contributed by atoms with van der Waals surface area (Å²) < 4.78 is 1.01. The van der Waals surface area contributed by atoms with Gasteiger partial charge >= 0.3 is 0 Å². The van der Waals surface area contributed by atoms with Gasteiger partial charge in [-0.2, -0.15) is 0 Å². The first kappa shape index (κ1) is 6.81. The molecule has 0 saturated carbocycles. The molecule has 9 heavy (non-hydrogen) atoms. The van der Waals surface area contributed by atoms with Gasteiger partial charge in [-0.1, -0.05) is 0 Å². The predicted octanol–water partition coefficient (Wildman–Crippen LogP) is 1.59. The van der Waals surface area contributed by atoms with E-state index in [4.69, 9.17) is 0 Å². The van der Waals surface area contributed by atoms with Gasteiger partial charge in [0.05, 0.1) is 6.54 Å². The highest BCUT2D eigenvalue weighted by atomic mass is 79.9. The van der Waals surface area contributed by atoms with E-state index in [2.05, 4.69) is 32.7 Å². The Morgan fingerprint density at radius 1 is 1.89 bits per heavy atom. The molecule has 50 valence electrons. The van der Waals surface area contributed by atoms with Crippen LogP contribution in [0.15, 0.2) is 17.4 Å². The number of nitrogens with zero attached hydrogens (tertiary/aromatic N) is 2. The Kier molecular flexibility index (Phi) is 2.28. The highest BCUT2D eigenvalue weighted by Crippen LogP contribution is 2.02. The molecule has 3 heteroatoms. The molecule has 0 fully saturated rings. The van der Waals surface area contributed by atoms with E-state index in [1.54, 1.807) is 6.20 Å². The van der Waals surface area contributed by atoms with Crippen molar-refractivity contribution >= 4 is 20.6 Å². The first-order chi connectivity index (χ1) is 4.33. The maximum atomic E-state index is 4.04. The lowest BCUT2D eigenvalue weighted by molar-refractivity contribution is 0.449. The average molecular weight is 189 g/mol. The summed E-state index contributed by atoms with van der Waals surface area (Å²) in [5.74, 6) is 0. The zero-order chi connectivity index (χ0) is 6.69. The summed E-state index contributed by atoms with van der Waals surface area (Å²) in [7, 11) is 0. The van der Waals surface area contributed by atoms with Crippen molar-refractivity contribution in [2.75, 3.05) is 13.1 Å². The summed E-state index contributed by atoms with van der Waals surface area (Å²) in [5, 5.41) is 0. The number of aliphatic imine (C=N–C) groups is 1. The maximum absolute atomic E-state index is 4.04. The Morgan fingerprint density at radius 3 is 3.11 bits per heavy atom. The van der Waals surface area contributed by atoms with E-state index in [1.165, 1.54) is 0 Å². The summed E-state index contributed by atoms with van der Waals surface area (Å²) in [6, 6.07) is 0. The van der Waals surface area contributed by atoms with E-state index in [0.29, 0.717) is 0 Å². The lowest BCUT2D eigenvalue weighted by atomic mass is 10.5. The van der Waals surface area contributed by atoms with Crippen molar-refractivity contribution in [1.82, 2.24) is 4.90 Å². The lowest BCUT2D eigenvalue weighted by Crippen LogP contribution is -2.23. The molecular weight excluding hydrogens is 180 g/mol. The van der Waals surface area contributed by atoms with Crippen LogP contribution in [0.3, 0.4) is 0 Å². The third-order valence-electron chi connectivity index (χ3n) is 1.23. The van der Waals surface area contributed by atoms with Crippen molar-refractivity contribution < 1.29 is 0 Å². The standard InChI is InChI=1S/C6H9BrN2/c1-2-9-4-3-8-6(7)5-9/h3-4H,2,5H2,1H3. The molecule has 0 N–H and O–H groups in total. The summed E-state index contributed by atoms with van der Waals surface area (Å²) in [6.07, 6.45) is 3.79. The Morgan fingerprint density at radius 2 is 2.67 bits per heavy atom. The molecule has 0 unspecified atom stereocenters. The van der Waals surface area contributed by atoms with E-state index in [0.717, 1.165) is 17.7 Å². The first-order valence-corrected chi connectivity index (χ1v) is 3.75. The summed E-state index contributed by atoms with van der Waals surface area (Å²) in [6.45, 7) is 4.07. The molecule has 2 nitrogen and oxygen atoms in total. The molecule has 1 rings (SSSR count). The van der Waals surface area contributed by atoms with Crippen molar-refractivity contribution in [1.29, 1.82) is 0 Å². The molecule has 1 heterocycles. The van der Waals surface area contributed by atoms with Gasteiger partial charge in [0.2, 0.25) is 0 Å². The van der Waals surface area contributed by atoms with Gasteiger partial charge in [-0.3, -0.25) is 4.99 Å². The molecule has 0 aromatic heterocycles. The smallest absolute Gasteiger partial charge is 0.102 e. The van der Waals surface area contributed by atoms with Crippen LogP contribution in [-0.4, -0.2) is 22.6 Å². The SMILES string of the molecule is CCN1C=CN=C(Br)C1. The predicted molar refractivity (Wildman–Crippen MR) is 42.7 cm³/mol. The molecule has 0 aromatic rings. The zero-order valence-corrected chi connectivity index (χ0v) is 6.93. The number of hydrogen-bond acceptors (Lipinski definition) is 2. The minimum Gasteiger partial charge on any atom is -0.370 e. The van der Waals surface area contributed by atoms with E-state index >= 15 is 0 Å². The molecular formula is C6H9BrN2. The summed E-state index contributed by atoms with van der Waals surface area (Å²) in [5.41, 5.74) is 0. The van der Waals surface area contributed by atoms with Crippen LogP contribution in [0.5, 0.6) is 0 Å². The first-order valence-electron chi connectivity index (χ1n) is 2.96. The summed E-state index contributed by atoms with van der Waals surface area (Å²) >= 11 is 3.33. The molecule has 0 amide bonds. The van der Waals surface area contributed by atoms with Gasteiger partial charge in [-0.05, 0) is 22.9 Å². The van der Waals surface area contributed by atoms with Crippen LogP contribution in [0.4, 0.5) is 0 Å². The van der Waals surface area contributed by atoms with Crippen LogP contribution >= 0.6 is 15.9 Å². The second-order valence-corrected chi connectivity index (χ2v) is 2.78. The van der Waals surface area contributed by atoms with Crippen LogP contribution in [0, 0.1) is 0 Å². The minimum absolute atomic E-state index is 0.910. The minimum atomic E-state index is 0.910. The van der Waals surface area contributed by atoms with Gasteiger partial charge in [-0.15, -0.1) is 0 Å². The third-order valence-corrected chi connectivity index (χ3v) is 1.69. The molecule has 0 aliphatic carbocycles. The van der Waals surface area contributed by atoms with Crippen LogP contribution in [-0.2, 0) is 0 Å². The van der Waals surface area contributed by atoms with Crippen LogP contribution in [0.1, 0.15) is 6.92 Å². The molecule has 1 aliphatic rings. The Bertz CT molecular complexity index is 151. The van der Waals surface area contributed by atoms with Gasteiger partial charge in [0.1, 0.15) is 4.62 Å². The average Bonchev–Trinajstić information content (AvgIpc) is 1.88. The highest BCUT2D eigenvalue weighted by Gasteiger charge is 2.01. The number of hydrogen-bond donors (Lipinski definition) is 0. The van der Waals surface area contributed by atoms with E-state index in [9.17, 15) is 0 Å². The van der Waals surface area contributed by atoms with Gasteiger partial charge in [0.25, 0.3) is 0 Å². The van der Waals surface area contributed by atoms with E-state index in [1.807, 2.05) is 6.20 Å². The number of halogens is 1. The van der Waals surface area contributed by atoms with Crippen LogP contribution in [0.2, 0.25) is 0 Å². The fraction of sp³-hybridized carbons (Fsp3) is 0.500. The Hall–Kier alpha value is -0.310. The quantitative estimate of drug-likeness (QED) is 0.611. The Labute approximate surface area is 63.4 Å². The molecule has 0 radical (unpaired) electrons. The topological polar surface area (TPSA) is 15.6 Å². The molecule has 0 aromatic carbocycles. The zero-order valence-electron chi connectivity index (χ0n) is 5.34. The highest BCUT2D eigenvalue weighted by molar-refractivity contribution is 9.18. The fourth-order valence-corrected chi connectivity index (χ4v) is 1.13. The van der Waals surface area contributed by atoms with E-state index < -0.39 is 0 Å². The molecule has 0 atom stereocenters. The van der Waals surface area contributed by atoms with Gasteiger partial charge < -0.3 is 4.90 Å². The van der Waals surface area contributed by atoms with Gasteiger partial charge in [-0.25, -0.2) is 0 Å². The molecule has 1 aliphatic heterocycles. The van der Waals surface area contributed by atoms with Crippen LogP contribution < -0.4 is 0 Å². The van der Waals surface area contributed by atoms with Crippen LogP contribution in [0.25, 0.3) is 0 Å². The van der Waals surface area contributed by atoms with Crippen molar-refractivity contribution in [2.45, 2.75) is 6.92 Å². The van der Waals surface area contributed by atoms with E-state index in [-0.39, 0.29) is 0 Å². The fourth-order valence-electron chi connectivity index (χ4n) is 0.687. The summed E-state index contributed by atoms with van der Waals surface area (Å²) in [4.78, 5) is 6.22. The molecule has 0 saturated heterocycles. The third kappa shape index (κ3) is 1.82. The van der Waals surface area contributed by atoms with Crippen molar-refractivity contribution in [2.24, 2.45) is 4.99 Å². The van der Waals surface area contributed by atoms with Gasteiger partial charge in [0.15, 0.2) is 0 Å².